The fraction of sp³-hybridized carbons (Fsp3) is 0.0909. The number of hydrazine groups is 1. The van der Waals surface area contributed by atoms with Gasteiger partial charge in [0.05, 0.1) is 15.7 Å². The molecule has 0 radical (unpaired) electrons. The topological polar surface area (TPSA) is 104 Å². The predicted molar refractivity (Wildman–Crippen MR) is 73.6 cm³/mol. The molecule has 1 aliphatic heterocycles. The van der Waals surface area contributed by atoms with Crippen LogP contribution in [0.2, 0.25) is 0 Å². The van der Waals surface area contributed by atoms with Crippen LogP contribution in [-0.2, 0) is 19.6 Å². The second-order valence-corrected chi connectivity index (χ2v) is 6.45. The second kappa shape index (κ2) is 6.07. The van der Waals surface area contributed by atoms with Crippen LogP contribution in [-0.4, -0.2) is 26.0 Å². The number of hydrogen-bond donors (Lipinski definition) is 3. The molecule has 1 fully saturated rings. The lowest BCUT2D eigenvalue weighted by Crippen LogP contribution is -2.41. The molecule has 0 unspecified atom stereocenters. The maximum absolute atomic E-state index is 11.8. The Morgan fingerprint density at radius 1 is 1.30 bits per heavy atom. The molecule has 0 bridgehead atoms. The van der Waals surface area contributed by atoms with Crippen LogP contribution in [0.5, 0.6) is 0 Å². The molecule has 1 aliphatic rings. The van der Waals surface area contributed by atoms with Gasteiger partial charge in [0.15, 0.2) is 0 Å². The molecule has 0 spiro atoms. The lowest BCUT2D eigenvalue weighted by molar-refractivity contribution is -0.117. The van der Waals surface area contributed by atoms with E-state index in [1.807, 2.05) is 10.3 Å². The summed E-state index contributed by atoms with van der Waals surface area (Å²) in [5, 5.41) is 2.84. The van der Waals surface area contributed by atoms with E-state index in [0.717, 1.165) is 6.08 Å². The highest BCUT2D eigenvalue weighted by Gasteiger charge is 2.17. The molecular weight excluding hydrogens is 302 g/mol. The van der Waals surface area contributed by atoms with Gasteiger partial charge in [-0.2, -0.15) is 0 Å². The molecule has 0 aliphatic carbocycles. The molecule has 1 aromatic rings. The minimum Gasteiger partial charge on any atom is -0.320 e. The Morgan fingerprint density at radius 3 is 2.60 bits per heavy atom. The quantitative estimate of drug-likeness (QED) is 0.523. The number of amides is 2. The highest BCUT2D eigenvalue weighted by atomic mass is 32.2. The van der Waals surface area contributed by atoms with Crippen LogP contribution in [0.3, 0.4) is 0 Å². The lowest BCUT2D eigenvalue weighted by Gasteiger charge is -2.06. The van der Waals surface area contributed by atoms with Gasteiger partial charge in [-0.05, 0) is 12.1 Å². The highest BCUT2D eigenvalue weighted by molar-refractivity contribution is 8.04. The zero-order chi connectivity index (χ0) is 14.6. The average molecular weight is 313 g/mol. The van der Waals surface area contributed by atoms with Crippen LogP contribution in [0.4, 0.5) is 0 Å². The standard InChI is InChI=1S/C11H11N3O4S2/c15-9(6-11-12-10(16)7-19-11)13-14-20(17,18)8-4-2-1-3-5-8/h1-6,14H,7H2,(H,12,16)(H,13,15)/b11-6-. The van der Waals surface area contributed by atoms with Crippen molar-refractivity contribution in [2.75, 3.05) is 5.75 Å². The SMILES string of the molecule is O=C(/C=C1/NC(=O)CS1)NNS(=O)(=O)c1ccccc1. The van der Waals surface area contributed by atoms with Crippen LogP contribution in [0.1, 0.15) is 0 Å². The first-order valence-electron chi connectivity index (χ1n) is 5.48. The van der Waals surface area contributed by atoms with Gasteiger partial charge >= 0.3 is 0 Å². The van der Waals surface area contributed by atoms with Gasteiger partial charge in [0.25, 0.3) is 15.9 Å². The maximum atomic E-state index is 11.8. The molecule has 2 amide bonds. The van der Waals surface area contributed by atoms with E-state index in [0.29, 0.717) is 5.03 Å². The van der Waals surface area contributed by atoms with Gasteiger partial charge in [-0.1, -0.05) is 30.0 Å². The third-order valence-corrected chi connectivity index (χ3v) is 4.45. The summed E-state index contributed by atoms with van der Waals surface area (Å²) in [6, 6.07) is 7.63. The zero-order valence-electron chi connectivity index (χ0n) is 10.1. The van der Waals surface area contributed by atoms with Gasteiger partial charge in [-0.3, -0.25) is 15.0 Å². The van der Waals surface area contributed by atoms with Gasteiger partial charge in [-0.15, -0.1) is 4.83 Å². The zero-order valence-corrected chi connectivity index (χ0v) is 11.8. The number of sulfonamides is 1. The van der Waals surface area contributed by atoms with Gasteiger partial charge < -0.3 is 5.32 Å². The normalized spacial score (nSPS) is 17.0. The summed E-state index contributed by atoms with van der Waals surface area (Å²) in [6.45, 7) is 0. The van der Waals surface area contributed by atoms with Crippen molar-refractivity contribution in [2.24, 2.45) is 0 Å². The van der Waals surface area contributed by atoms with Crippen molar-refractivity contribution < 1.29 is 18.0 Å². The summed E-state index contributed by atoms with van der Waals surface area (Å²) in [6.07, 6.45) is 1.11. The summed E-state index contributed by atoms with van der Waals surface area (Å²) < 4.78 is 23.6. The largest absolute Gasteiger partial charge is 0.320 e. The molecule has 0 saturated carbocycles. The van der Waals surface area contributed by atoms with Crippen molar-refractivity contribution in [1.82, 2.24) is 15.6 Å². The van der Waals surface area contributed by atoms with Crippen LogP contribution in [0, 0.1) is 0 Å². The number of carbonyl (C=O) groups is 2. The molecule has 1 aromatic carbocycles. The van der Waals surface area contributed by atoms with Crippen molar-refractivity contribution in [2.45, 2.75) is 4.90 Å². The minimum atomic E-state index is -3.81. The van der Waals surface area contributed by atoms with Crippen molar-refractivity contribution in [3.63, 3.8) is 0 Å². The molecule has 3 N–H and O–H groups in total. The van der Waals surface area contributed by atoms with E-state index in [2.05, 4.69) is 5.32 Å². The summed E-state index contributed by atoms with van der Waals surface area (Å²) in [7, 11) is -3.81. The summed E-state index contributed by atoms with van der Waals surface area (Å²) in [4.78, 5) is 24.4. The van der Waals surface area contributed by atoms with Crippen molar-refractivity contribution in [3.8, 4) is 0 Å². The van der Waals surface area contributed by atoms with E-state index in [4.69, 9.17) is 0 Å². The number of thioether (sulfide) groups is 1. The number of rotatable bonds is 4. The smallest absolute Gasteiger partial charge is 0.261 e. The van der Waals surface area contributed by atoms with Crippen LogP contribution >= 0.6 is 11.8 Å². The first-order chi connectivity index (χ1) is 9.47. The average Bonchev–Trinajstić information content (AvgIpc) is 2.83. The molecule has 2 rings (SSSR count). The van der Waals surface area contributed by atoms with E-state index in [-0.39, 0.29) is 16.6 Å². The van der Waals surface area contributed by atoms with Crippen LogP contribution in [0.15, 0.2) is 46.3 Å². The predicted octanol–water partition coefficient (Wildman–Crippen LogP) is -0.299. The van der Waals surface area contributed by atoms with Crippen LogP contribution < -0.4 is 15.6 Å². The monoisotopic (exact) mass is 313 g/mol. The fourth-order valence-electron chi connectivity index (χ4n) is 1.36. The Balaban J connectivity index is 1.95. The van der Waals surface area contributed by atoms with Gasteiger partial charge in [0.1, 0.15) is 0 Å². The molecular formula is C11H11N3O4S2. The number of nitrogens with one attached hydrogen (secondary N) is 3. The molecule has 20 heavy (non-hydrogen) atoms. The molecule has 106 valence electrons. The van der Waals surface area contributed by atoms with E-state index < -0.39 is 15.9 Å². The summed E-state index contributed by atoms with van der Waals surface area (Å²) in [5.41, 5.74) is 2.05. The van der Waals surface area contributed by atoms with E-state index in [1.54, 1.807) is 18.2 Å². The Kier molecular flexibility index (Phi) is 4.42. The molecule has 0 aromatic heterocycles. The molecule has 7 nitrogen and oxygen atoms in total. The van der Waals surface area contributed by atoms with E-state index >= 15 is 0 Å². The van der Waals surface area contributed by atoms with Gasteiger partial charge in [0.2, 0.25) is 5.91 Å². The molecule has 9 heteroatoms. The number of benzene rings is 1. The third kappa shape index (κ3) is 3.83. The third-order valence-electron chi connectivity index (χ3n) is 2.25. The Morgan fingerprint density at radius 2 is 2.00 bits per heavy atom. The van der Waals surface area contributed by atoms with E-state index in [9.17, 15) is 18.0 Å². The van der Waals surface area contributed by atoms with E-state index in [1.165, 1.54) is 23.9 Å². The second-order valence-electron chi connectivity index (χ2n) is 3.75. The molecule has 1 heterocycles. The highest BCUT2D eigenvalue weighted by Crippen LogP contribution is 2.17. The Labute approximate surface area is 119 Å². The summed E-state index contributed by atoms with van der Waals surface area (Å²) in [5.74, 6) is -0.623. The first kappa shape index (κ1) is 14.6. The van der Waals surface area contributed by atoms with Crippen molar-refractivity contribution in [1.29, 1.82) is 0 Å². The summed E-state index contributed by atoms with van der Waals surface area (Å²) >= 11 is 1.17. The lowest BCUT2D eigenvalue weighted by atomic mass is 10.4. The molecule has 1 saturated heterocycles. The van der Waals surface area contributed by atoms with Gasteiger partial charge in [0, 0.05) is 6.08 Å². The minimum absolute atomic E-state index is 0.0384. The number of carbonyl (C=O) groups excluding carboxylic acids is 2. The number of hydrogen-bond acceptors (Lipinski definition) is 5. The molecule has 0 atom stereocenters. The van der Waals surface area contributed by atoms with Gasteiger partial charge in [-0.25, -0.2) is 8.42 Å². The van der Waals surface area contributed by atoms with Crippen LogP contribution in [0.25, 0.3) is 0 Å². The maximum Gasteiger partial charge on any atom is 0.261 e. The van der Waals surface area contributed by atoms with Crippen molar-refractivity contribution in [3.05, 3.63) is 41.4 Å². The first-order valence-corrected chi connectivity index (χ1v) is 7.95. The van der Waals surface area contributed by atoms with Crippen molar-refractivity contribution >= 4 is 33.6 Å². The Bertz CT molecular complexity index is 656. The Hall–Kier alpha value is -1.84. The fourth-order valence-corrected chi connectivity index (χ4v) is 2.97.